The SMILES string of the molecule is CCc1cccnc1C(O)C1CCOC1. The number of ether oxygens (including phenoxy) is 1. The summed E-state index contributed by atoms with van der Waals surface area (Å²) in [6.45, 7) is 3.50. The van der Waals surface area contributed by atoms with Crippen LogP contribution in [0.25, 0.3) is 0 Å². The largest absolute Gasteiger partial charge is 0.386 e. The Morgan fingerprint density at radius 1 is 1.67 bits per heavy atom. The van der Waals surface area contributed by atoms with Crippen LogP contribution in [0.2, 0.25) is 0 Å². The van der Waals surface area contributed by atoms with Crippen molar-refractivity contribution in [1.29, 1.82) is 0 Å². The summed E-state index contributed by atoms with van der Waals surface area (Å²) < 4.78 is 5.29. The summed E-state index contributed by atoms with van der Waals surface area (Å²) in [4.78, 5) is 4.29. The van der Waals surface area contributed by atoms with E-state index in [1.807, 2.05) is 12.1 Å². The van der Waals surface area contributed by atoms with E-state index in [0.717, 1.165) is 30.7 Å². The van der Waals surface area contributed by atoms with E-state index in [2.05, 4.69) is 11.9 Å². The number of aromatic nitrogens is 1. The van der Waals surface area contributed by atoms with Crippen molar-refractivity contribution in [3.05, 3.63) is 29.6 Å². The molecule has 3 nitrogen and oxygen atoms in total. The van der Waals surface area contributed by atoms with Crippen LogP contribution < -0.4 is 0 Å². The summed E-state index contributed by atoms with van der Waals surface area (Å²) >= 11 is 0. The average Bonchev–Trinajstić information content (AvgIpc) is 2.81. The molecule has 0 bridgehead atoms. The van der Waals surface area contributed by atoms with Crippen LogP contribution in [0.4, 0.5) is 0 Å². The molecule has 1 aliphatic rings. The first kappa shape index (κ1) is 10.6. The summed E-state index contributed by atoms with van der Waals surface area (Å²) in [5.74, 6) is 0.213. The lowest BCUT2D eigenvalue weighted by Crippen LogP contribution is -2.15. The quantitative estimate of drug-likeness (QED) is 0.820. The molecule has 1 saturated heterocycles. The first-order chi connectivity index (χ1) is 7.33. The molecule has 1 aliphatic heterocycles. The molecule has 0 saturated carbocycles. The van der Waals surface area contributed by atoms with Gasteiger partial charge in [0.2, 0.25) is 0 Å². The maximum atomic E-state index is 10.2. The van der Waals surface area contributed by atoms with Gasteiger partial charge in [0.05, 0.1) is 12.3 Å². The molecule has 0 aliphatic carbocycles. The number of nitrogens with zero attached hydrogens (tertiary/aromatic N) is 1. The second-order valence-electron chi connectivity index (χ2n) is 3.97. The van der Waals surface area contributed by atoms with Gasteiger partial charge in [0.1, 0.15) is 6.10 Å². The Morgan fingerprint density at radius 3 is 3.20 bits per heavy atom. The molecule has 82 valence electrons. The van der Waals surface area contributed by atoms with E-state index in [9.17, 15) is 5.11 Å². The van der Waals surface area contributed by atoms with Crippen LogP contribution in [0.1, 0.15) is 30.7 Å². The molecular formula is C12H17NO2. The second kappa shape index (κ2) is 4.73. The lowest BCUT2D eigenvalue weighted by atomic mass is 9.95. The third-order valence-corrected chi connectivity index (χ3v) is 3.00. The van der Waals surface area contributed by atoms with E-state index in [1.54, 1.807) is 6.20 Å². The van der Waals surface area contributed by atoms with Gasteiger partial charge in [-0.15, -0.1) is 0 Å². The van der Waals surface area contributed by atoms with E-state index in [1.165, 1.54) is 0 Å². The Bertz CT molecular complexity index is 321. The third-order valence-electron chi connectivity index (χ3n) is 3.00. The highest BCUT2D eigenvalue weighted by Gasteiger charge is 2.27. The minimum Gasteiger partial charge on any atom is -0.386 e. The van der Waals surface area contributed by atoms with E-state index >= 15 is 0 Å². The molecule has 0 amide bonds. The van der Waals surface area contributed by atoms with Crippen LogP contribution >= 0.6 is 0 Å². The second-order valence-corrected chi connectivity index (χ2v) is 3.97. The molecule has 0 spiro atoms. The Kier molecular flexibility index (Phi) is 3.34. The summed E-state index contributed by atoms with van der Waals surface area (Å²) in [6.07, 6.45) is 3.12. The number of rotatable bonds is 3. The van der Waals surface area contributed by atoms with Gasteiger partial charge in [-0.3, -0.25) is 4.98 Å². The fourth-order valence-corrected chi connectivity index (χ4v) is 2.04. The number of hydrogen-bond donors (Lipinski definition) is 1. The van der Waals surface area contributed by atoms with Crippen molar-refractivity contribution in [3.8, 4) is 0 Å². The summed E-state index contributed by atoms with van der Waals surface area (Å²) in [6, 6.07) is 3.95. The molecule has 0 radical (unpaired) electrons. The molecule has 15 heavy (non-hydrogen) atoms. The van der Waals surface area contributed by atoms with Crippen LogP contribution in [-0.4, -0.2) is 23.3 Å². The van der Waals surface area contributed by atoms with Crippen molar-refractivity contribution >= 4 is 0 Å². The zero-order chi connectivity index (χ0) is 10.7. The first-order valence-electron chi connectivity index (χ1n) is 5.52. The van der Waals surface area contributed by atoms with Crippen LogP contribution in [0.15, 0.2) is 18.3 Å². The Morgan fingerprint density at radius 2 is 2.53 bits per heavy atom. The van der Waals surface area contributed by atoms with Gasteiger partial charge in [0.15, 0.2) is 0 Å². The number of aryl methyl sites for hydroxylation is 1. The molecule has 2 atom stereocenters. The van der Waals surface area contributed by atoms with Gasteiger partial charge in [-0.2, -0.15) is 0 Å². The van der Waals surface area contributed by atoms with Gasteiger partial charge in [-0.1, -0.05) is 13.0 Å². The fourth-order valence-electron chi connectivity index (χ4n) is 2.04. The average molecular weight is 207 g/mol. The smallest absolute Gasteiger partial charge is 0.101 e. The molecular weight excluding hydrogens is 190 g/mol. The lowest BCUT2D eigenvalue weighted by molar-refractivity contribution is 0.0878. The highest BCUT2D eigenvalue weighted by Crippen LogP contribution is 2.29. The number of aliphatic hydroxyl groups is 1. The molecule has 2 heterocycles. The van der Waals surface area contributed by atoms with Gasteiger partial charge in [0.25, 0.3) is 0 Å². The van der Waals surface area contributed by atoms with Gasteiger partial charge in [-0.25, -0.2) is 0 Å². The van der Waals surface area contributed by atoms with Crippen molar-refractivity contribution in [2.24, 2.45) is 5.92 Å². The zero-order valence-electron chi connectivity index (χ0n) is 9.02. The van der Waals surface area contributed by atoms with Crippen LogP contribution in [0.3, 0.4) is 0 Å². The summed E-state index contributed by atoms with van der Waals surface area (Å²) in [7, 11) is 0. The maximum Gasteiger partial charge on any atom is 0.101 e. The third kappa shape index (κ3) is 2.19. The molecule has 3 heteroatoms. The minimum absolute atomic E-state index is 0.213. The van der Waals surface area contributed by atoms with Crippen LogP contribution in [-0.2, 0) is 11.2 Å². The zero-order valence-corrected chi connectivity index (χ0v) is 9.02. The molecule has 0 aromatic carbocycles. The predicted octanol–water partition coefficient (Wildman–Crippen LogP) is 1.71. The maximum absolute atomic E-state index is 10.2. The van der Waals surface area contributed by atoms with Crippen molar-refractivity contribution in [2.75, 3.05) is 13.2 Å². The van der Waals surface area contributed by atoms with Crippen molar-refractivity contribution < 1.29 is 9.84 Å². The number of aliphatic hydroxyl groups excluding tert-OH is 1. The van der Waals surface area contributed by atoms with Crippen molar-refractivity contribution in [3.63, 3.8) is 0 Å². The van der Waals surface area contributed by atoms with Gasteiger partial charge in [-0.05, 0) is 24.5 Å². The predicted molar refractivity (Wildman–Crippen MR) is 57.5 cm³/mol. The summed E-state index contributed by atoms with van der Waals surface area (Å²) in [5.41, 5.74) is 1.97. The van der Waals surface area contributed by atoms with Crippen molar-refractivity contribution in [2.45, 2.75) is 25.9 Å². The van der Waals surface area contributed by atoms with E-state index < -0.39 is 6.10 Å². The first-order valence-corrected chi connectivity index (χ1v) is 5.52. The van der Waals surface area contributed by atoms with Gasteiger partial charge >= 0.3 is 0 Å². The molecule has 1 aromatic rings. The standard InChI is InChI=1S/C12H17NO2/c1-2-9-4-3-6-13-11(9)12(14)10-5-7-15-8-10/h3-4,6,10,12,14H,2,5,7-8H2,1H3. The molecule has 1 fully saturated rings. The van der Waals surface area contributed by atoms with E-state index in [0.29, 0.717) is 6.61 Å². The Labute approximate surface area is 90.1 Å². The number of pyridine rings is 1. The molecule has 2 rings (SSSR count). The summed E-state index contributed by atoms with van der Waals surface area (Å²) in [5, 5.41) is 10.2. The van der Waals surface area contributed by atoms with Crippen LogP contribution in [0.5, 0.6) is 0 Å². The lowest BCUT2D eigenvalue weighted by Gasteiger charge is -2.18. The number of hydrogen-bond acceptors (Lipinski definition) is 3. The molecule has 2 unspecified atom stereocenters. The van der Waals surface area contributed by atoms with Gasteiger partial charge in [0, 0.05) is 18.7 Å². The Hall–Kier alpha value is -0.930. The fraction of sp³-hybridized carbons (Fsp3) is 0.583. The Balaban J connectivity index is 2.19. The van der Waals surface area contributed by atoms with Gasteiger partial charge < -0.3 is 9.84 Å². The van der Waals surface area contributed by atoms with E-state index in [4.69, 9.17) is 4.74 Å². The highest BCUT2D eigenvalue weighted by molar-refractivity contribution is 5.22. The molecule has 1 N–H and O–H groups in total. The van der Waals surface area contributed by atoms with Crippen molar-refractivity contribution in [1.82, 2.24) is 4.98 Å². The minimum atomic E-state index is -0.469. The van der Waals surface area contributed by atoms with Crippen LogP contribution in [0, 0.1) is 5.92 Å². The normalized spacial score (nSPS) is 22.9. The highest BCUT2D eigenvalue weighted by atomic mass is 16.5. The van der Waals surface area contributed by atoms with E-state index in [-0.39, 0.29) is 5.92 Å². The molecule has 1 aromatic heterocycles. The topological polar surface area (TPSA) is 42.4 Å². The monoisotopic (exact) mass is 207 g/mol.